The van der Waals surface area contributed by atoms with Crippen LogP contribution in [0.1, 0.15) is 24.5 Å². The van der Waals surface area contributed by atoms with E-state index in [1.807, 2.05) is 39.2 Å². The summed E-state index contributed by atoms with van der Waals surface area (Å²) < 4.78 is 1.72. The molecule has 1 aliphatic heterocycles. The maximum absolute atomic E-state index is 12.7. The number of carbonyl (C=O) groups excluding carboxylic acids is 1. The molecule has 4 heterocycles. The van der Waals surface area contributed by atoms with Gasteiger partial charge in [-0.1, -0.05) is 6.92 Å². The molecular weight excluding hydrogens is 340 g/mol. The first-order valence-corrected chi connectivity index (χ1v) is 8.78. The van der Waals surface area contributed by atoms with E-state index in [9.17, 15) is 4.79 Å². The molecule has 0 atom stereocenters. The fraction of sp³-hybridized carbons (Fsp3) is 0.200. The van der Waals surface area contributed by atoms with Crippen LogP contribution in [0.5, 0.6) is 0 Å². The number of hydrogen-bond donors (Lipinski definition) is 2. The quantitative estimate of drug-likeness (QED) is 0.697. The average molecular weight is 360 g/mol. The van der Waals surface area contributed by atoms with Crippen molar-refractivity contribution >= 4 is 22.9 Å². The summed E-state index contributed by atoms with van der Waals surface area (Å²) in [5.41, 5.74) is 6.74. The molecule has 0 unspecified atom stereocenters. The number of aromatic nitrogens is 4. The third-order valence-corrected chi connectivity index (χ3v) is 4.62. The number of nitrogens with one attached hydrogen (secondary N) is 2. The minimum absolute atomic E-state index is 0.125. The van der Waals surface area contributed by atoms with Crippen LogP contribution in [0.25, 0.3) is 16.8 Å². The molecule has 0 aromatic carbocycles. The lowest BCUT2D eigenvalue weighted by atomic mass is 10.0. The Kier molecular flexibility index (Phi) is 4.19. The number of nitrogens with zero attached hydrogens (tertiary/aromatic N) is 4. The summed E-state index contributed by atoms with van der Waals surface area (Å²) in [7, 11) is 1.86. The van der Waals surface area contributed by atoms with E-state index in [0.29, 0.717) is 12.0 Å². The largest absolute Gasteiger partial charge is 0.356 e. The molecule has 3 aromatic heterocycles. The first-order valence-electron chi connectivity index (χ1n) is 8.78. The van der Waals surface area contributed by atoms with E-state index in [-0.39, 0.29) is 5.91 Å². The Labute approximate surface area is 157 Å². The van der Waals surface area contributed by atoms with Crippen LogP contribution in [0.4, 0.5) is 11.4 Å². The molecule has 0 aliphatic carbocycles. The minimum Gasteiger partial charge on any atom is -0.356 e. The van der Waals surface area contributed by atoms with Gasteiger partial charge in [0, 0.05) is 42.5 Å². The summed E-state index contributed by atoms with van der Waals surface area (Å²) in [6.45, 7) is 4.04. The number of carbonyl (C=O) groups is 1. The molecule has 0 radical (unpaired) electrons. The van der Waals surface area contributed by atoms with E-state index in [2.05, 4.69) is 25.7 Å². The normalized spacial score (nSPS) is 14.7. The Balaban J connectivity index is 1.81. The van der Waals surface area contributed by atoms with Crippen LogP contribution in [0.2, 0.25) is 0 Å². The number of pyridine rings is 2. The van der Waals surface area contributed by atoms with Gasteiger partial charge in [-0.05, 0) is 31.0 Å². The highest BCUT2D eigenvalue weighted by molar-refractivity contribution is 6.32. The fourth-order valence-corrected chi connectivity index (χ4v) is 3.24. The SMILES string of the molecule is CC/C(Nc1cnn(C)c1)=C1/C(=O)Nc2cnc(-c3cnccc3C)cc21. The Morgan fingerprint density at radius 1 is 1.26 bits per heavy atom. The van der Waals surface area contributed by atoms with Gasteiger partial charge in [0.15, 0.2) is 0 Å². The number of hydrogen-bond acceptors (Lipinski definition) is 5. The maximum Gasteiger partial charge on any atom is 0.258 e. The smallest absolute Gasteiger partial charge is 0.258 e. The molecule has 2 N–H and O–H groups in total. The number of rotatable bonds is 4. The number of allylic oxidation sites excluding steroid dienone is 1. The molecule has 0 saturated heterocycles. The van der Waals surface area contributed by atoms with Crippen molar-refractivity contribution in [3.8, 4) is 11.3 Å². The van der Waals surface area contributed by atoms with Crippen molar-refractivity contribution in [3.63, 3.8) is 0 Å². The molecule has 0 fully saturated rings. The van der Waals surface area contributed by atoms with Crippen molar-refractivity contribution in [1.82, 2.24) is 19.7 Å². The van der Waals surface area contributed by atoms with Gasteiger partial charge in [0.1, 0.15) is 0 Å². The molecular formula is C20H20N6O. The molecule has 1 amide bonds. The summed E-state index contributed by atoms with van der Waals surface area (Å²) in [5, 5.41) is 10.4. The van der Waals surface area contributed by atoms with Gasteiger partial charge in [-0.25, -0.2) is 0 Å². The monoisotopic (exact) mass is 360 g/mol. The first kappa shape index (κ1) is 17.0. The van der Waals surface area contributed by atoms with Crippen molar-refractivity contribution in [2.75, 3.05) is 10.6 Å². The zero-order valence-electron chi connectivity index (χ0n) is 15.4. The molecule has 4 rings (SSSR count). The minimum atomic E-state index is -0.125. The van der Waals surface area contributed by atoms with Crippen LogP contribution >= 0.6 is 0 Å². The Morgan fingerprint density at radius 2 is 2.11 bits per heavy atom. The zero-order chi connectivity index (χ0) is 19.0. The number of anilines is 2. The number of amides is 1. The van der Waals surface area contributed by atoms with Crippen molar-refractivity contribution in [2.45, 2.75) is 20.3 Å². The molecule has 3 aromatic rings. The molecule has 7 heteroatoms. The Hall–Kier alpha value is -3.48. The lowest BCUT2D eigenvalue weighted by Crippen LogP contribution is -2.10. The van der Waals surface area contributed by atoms with Crippen molar-refractivity contribution < 1.29 is 4.79 Å². The van der Waals surface area contributed by atoms with Crippen LogP contribution in [0.3, 0.4) is 0 Å². The van der Waals surface area contributed by atoms with E-state index >= 15 is 0 Å². The summed E-state index contributed by atoms with van der Waals surface area (Å²) in [4.78, 5) is 21.4. The van der Waals surface area contributed by atoms with E-state index in [0.717, 1.165) is 39.5 Å². The third-order valence-electron chi connectivity index (χ3n) is 4.62. The van der Waals surface area contributed by atoms with Crippen LogP contribution in [-0.2, 0) is 11.8 Å². The van der Waals surface area contributed by atoms with Crippen molar-refractivity contribution in [2.24, 2.45) is 7.05 Å². The predicted molar refractivity (Wildman–Crippen MR) is 105 cm³/mol. The average Bonchev–Trinajstić information content (AvgIpc) is 3.21. The first-order chi connectivity index (χ1) is 13.1. The third kappa shape index (κ3) is 3.08. The second kappa shape index (κ2) is 6.68. The van der Waals surface area contributed by atoms with Gasteiger partial charge in [0.05, 0.1) is 35.0 Å². The summed E-state index contributed by atoms with van der Waals surface area (Å²) in [6.07, 6.45) is 9.56. The van der Waals surface area contributed by atoms with E-state index < -0.39 is 0 Å². The van der Waals surface area contributed by atoms with Gasteiger partial charge in [0.2, 0.25) is 0 Å². The second-order valence-electron chi connectivity index (χ2n) is 6.49. The lowest BCUT2D eigenvalue weighted by molar-refractivity contribution is -0.110. The van der Waals surface area contributed by atoms with E-state index in [1.54, 1.807) is 29.5 Å². The highest BCUT2D eigenvalue weighted by Gasteiger charge is 2.28. The zero-order valence-corrected chi connectivity index (χ0v) is 15.4. The van der Waals surface area contributed by atoms with Gasteiger partial charge in [-0.3, -0.25) is 19.4 Å². The standard InChI is InChI=1S/C20H20N6O/c1-4-16(24-13-8-23-26(3)11-13)19-14-7-17(15-9-21-6-5-12(15)2)22-10-18(14)25-20(19)27/h5-11,24H,4H2,1-3H3,(H,25,27)/b19-16-. The van der Waals surface area contributed by atoms with Crippen LogP contribution < -0.4 is 10.6 Å². The number of aryl methyl sites for hydroxylation is 2. The predicted octanol–water partition coefficient (Wildman–Crippen LogP) is 3.37. The van der Waals surface area contributed by atoms with Gasteiger partial charge in [-0.2, -0.15) is 5.10 Å². The summed E-state index contributed by atoms with van der Waals surface area (Å²) >= 11 is 0. The van der Waals surface area contributed by atoms with Crippen LogP contribution in [-0.4, -0.2) is 25.7 Å². The van der Waals surface area contributed by atoms with E-state index in [4.69, 9.17) is 0 Å². The van der Waals surface area contributed by atoms with Crippen LogP contribution in [0.15, 0.2) is 48.8 Å². The summed E-state index contributed by atoms with van der Waals surface area (Å²) in [6, 6.07) is 3.90. The second-order valence-corrected chi connectivity index (χ2v) is 6.49. The van der Waals surface area contributed by atoms with E-state index in [1.165, 1.54) is 0 Å². The van der Waals surface area contributed by atoms with Gasteiger partial charge >= 0.3 is 0 Å². The molecule has 1 aliphatic rings. The number of fused-ring (bicyclic) bond motifs is 1. The lowest BCUT2D eigenvalue weighted by Gasteiger charge is -2.11. The highest BCUT2D eigenvalue weighted by Crippen LogP contribution is 2.37. The molecule has 136 valence electrons. The fourth-order valence-electron chi connectivity index (χ4n) is 3.24. The molecule has 7 nitrogen and oxygen atoms in total. The molecule has 0 bridgehead atoms. The topological polar surface area (TPSA) is 84.7 Å². The molecule has 0 saturated carbocycles. The van der Waals surface area contributed by atoms with Gasteiger partial charge < -0.3 is 10.6 Å². The summed E-state index contributed by atoms with van der Waals surface area (Å²) in [5.74, 6) is -0.125. The van der Waals surface area contributed by atoms with Crippen molar-refractivity contribution in [1.29, 1.82) is 0 Å². The van der Waals surface area contributed by atoms with Crippen LogP contribution in [0, 0.1) is 6.92 Å². The van der Waals surface area contributed by atoms with Gasteiger partial charge in [0.25, 0.3) is 5.91 Å². The highest BCUT2D eigenvalue weighted by atomic mass is 16.2. The van der Waals surface area contributed by atoms with Crippen molar-refractivity contribution in [3.05, 3.63) is 59.9 Å². The molecule has 27 heavy (non-hydrogen) atoms. The maximum atomic E-state index is 12.7. The molecule has 0 spiro atoms. The van der Waals surface area contributed by atoms with Gasteiger partial charge in [-0.15, -0.1) is 0 Å². The Bertz CT molecular complexity index is 1070. The Morgan fingerprint density at radius 3 is 2.81 bits per heavy atom.